The zero-order valence-corrected chi connectivity index (χ0v) is 8.92. The molecule has 1 nitrogen and oxygen atoms in total. The summed E-state index contributed by atoms with van der Waals surface area (Å²) in [5, 5.41) is 8.43. The van der Waals surface area contributed by atoms with Gasteiger partial charge in [0.1, 0.15) is 0 Å². The fraction of sp³-hybridized carbons (Fsp3) is 0.750. The molecule has 0 saturated heterocycles. The molecule has 0 heterocycles. The highest BCUT2D eigenvalue weighted by atomic mass is 14.2. The van der Waals surface area contributed by atoms with E-state index in [9.17, 15) is 0 Å². The summed E-state index contributed by atoms with van der Waals surface area (Å²) in [7, 11) is 0. The van der Waals surface area contributed by atoms with Crippen LogP contribution in [0.2, 0.25) is 0 Å². The maximum absolute atomic E-state index is 8.43. The van der Waals surface area contributed by atoms with Crippen LogP contribution in [0.4, 0.5) is 0 Å². The molecular weight excluding hydrogens is 158 g/mol. The minimum atomic E-state index is 0.638. The first-order chi connectivity index (χ1) is 6.35. The van der Waals surface area contributed by atoms with Gasteiger partial charge in [0, 0.05) is 6.08 Å². The number of hydrogen-bond donors (Lipinski definition) is 0. The lowest BCUT2D eigenvalue weighted by Gasteiger charge is -2.10. The number of unbranched alkanes of at least 4 members (excludes halogenated alkanes) is 2. The molecular formula is C12H21N. The number of nitrogens with zero attached hydrogens (tertiary/aromatic N) is 1. The van der Waals surface area contributed by atoms with Crippen LogP contribution in [-0.4, -0.2) is 0 Å². The molecule has 0 aliphatic carbocycles. The Bertz CT molecular complexity index is 156. The van der Waals surface area contributed by atoms with Crippen molar-refractivity contribution in [2.45, 2.75) is 52.4 Å². The molecule has 0 bridgehead atoms. The van der Waals surface area contributed by atoms with Gasteiger partial charge in [0.15, 0.2) is 0 Å². The van der Waals surface area contributed by atoms with Gasteiger partial charge >= 0.3 is 0 Å². The monoisotopic (exact) mass is 179 g/mol. The van der Waals surface area contributed by atoms with Crippen LogP contribution in [0.5, 0.6) is 0 Å². The fourth-order valence-electron chi connectivity index (χ4n) is 1.45. The van der Waals surface area contributed by atoms with E-state index in [2.05, 4.69) is 26.0 Å². The van der Waals surface area contributed by atoms with Crippen LogP contribution >= 0.6 is 0 Å². The lowest BCUT2D eigenvalue weighted by Crippen LogP contribution is -1.96. The van der Waals surface area contributed by atoms with Gasteiger partial charge in [0.2, 0.25) is 0 Å². The van der Waals surface area contributed by atoms with E-state index < -0.39 is 0 Å². The lowest BCUT2D eigenvalue weighted by molar-refractivity contribution is 0.497. The molecule has 0 radical (unpaired) electrons. The van der Waals surface area contributed by atoms with Crippen molar-refractivity contribution in [2.75, 3.05) is 0 Å². The number of allylic oxidation sites excluding steroid dienone is 2. The Morgan fingerprint density at radius 3 is 2.08 bits per heavy atom. The fourth-order valence-corrected chi connectivity index (χ4v) is 1.45. The van der Waals surface area contributed by atoms with Gasteiger partial charge in [-0.15, -0.1) is 0 Å². The summed E-state index contributed by atoms with van der Waals surface area (Å²) in [6, 6.07) is 2.07. The minimum absolute atomic E-state index is 0.638. The molecule has 0 fully saturated rings. The highest BCUT2D eigenvalue weighted by molar-refractivity contribution is 5.03. The Kier molecular flexibility index (Phi) is 8.77. The Labute approximate surface area is 82.5 Å². The average Bonchev–Trinajstić information content (AvgIpc) is 2.17. The van der Waals surface area contributed by atoms with Gasteiger partial charge in [-0.1, -0.05) is 45.6 Å². The predicted molar refractivity (Wildman–Crippen MR) is 57.3 cm³/mol. The first kappa shape index (κ1) is 12.2. The molecule has 0 amide bonds. The molecule has 0 spiro atoms. The van der Waals surface area contributed by atoms with E-state index in [1.165, 1.54) is 38.5 Å². The smallest absolute Gasteiger partial charge is 0.0908 e. The third kappa shape index (κ3) is 7.59. The maximum atomic E-state index is 8.43. The van der Waals surface area contributed by atoms with Gasteiger partial charge in [0.25, 0.3) is 0 Å². The summed E-state index contributed by atoms with van der Waals surface area (Å²) >= 11 is 0. The van der Waals surface area contributed by atoms with Gasteiger partial charge in [-0.05, 0) is 18.8 Å². The summed E-state index contributed by atoms with van der Waals surface area (Å²) < 4.78 is 0. The van der Waals surface area contributed by atoms with E-state index in [1.54, 1.807) is 6.08 Å². The van der Waals surface area contributed by atoms with E-state index >= 15 is 0 Å². The quantitative estimate of drug-likeness (QED) is 0.540. The highest BCUT2D eigenvalue weighted by Gasteiger charge is 2.02. The van der Waals surface area contributed by atoms with Crippen molar-refractivity contribution in [2.24, 2.45) is 5.92 Å². The average molecular weight is 179 g/mol. The molecule has 0 atom stereocenters. The summed E-state index contributed by atoms with van der Waals surface area (Å²) in [4.78, 5) is 0. The van der Waals surface area contributed by atoms with Gasteiger partial charge in [-0.25, -0.2) is 0 Å². The first-order valence-corrected chi connectivity index (χ1v) is 5.41. The van der Waals surface area contributed by atoms with E-state index in [1.807, 2.05) is 0 Å². The number of rotatable bonds is 7. The van der Waals surface area contributed by atoms with E-state index in [0.29, 0.717) is 5.92 Å². The van der Waals surface area contributed by atoms with Gasteiger partial charge in [-0.3, -0.25) is 0 Å². The summed E-state index contributed by atoms with van der Waals surface area (Å²) in [6.07, 6.45) is 11.3. The maximum Gasteiger partial charge on any atom is 0.0908 e. The molecule has 1 heteroatoms. The summed E-state index contributed by atoms with van der Waals surface area (Å²) in [6.45, 7) is 4.43. The van der Waals surface area contributed by atoms with Crippen LogP contribution < -0.4 is 0 Å². The molecule has 0 rings (SSSR count). The molecule has 0 aromatic carbocycles. The van der Waals surface area contributed by atoms with Crippen molar-refractivity contribution in [3.05, 3.63) is 12.2 Å². The lowest BCUT2D eigenvalue weighted by atomic mass is 9.96. The normalized spacial score (nSPS) is 10.9. The largest absolute Gasteiger partial charge is 0.193 e. The third-order valence-corrected chi connectivity index (χ3v) is 2.30. The molecule has 13 heavy (non-hydrogen) atoms. The molecule has 0 aromatic heterocycles. The molecule has 0 aliphatic rings. The van der Waals surface area contributed by atoms with Crippen LogP contribution in [0, 0.1) is 17.2 Å². The van der Waals surface area contributed by atoms with Crippen LogP contribution in [0.15, 0.2) is 12.2 Å². The minimum Gasteiger partial charge on any atom is -0.193 e. The SMILES string of the molecule is CCCCC(/C=C\C#N)CCCC. The van der Waals surface area contributed by atoms with Crippen LogP contribution in [-0.2, 0) is 0 Å². The van der Waals surface area contributed by atoms with Crippen LogP contribution in [0.25, 0.3) is 0 Å². The first-order valence-electron chi connectivity index (χ1n) is 5.41. The molecule has 0 aliphatic heterocycles. The van der Waals surface area contributed by atoms with Gasteiger partial charge < -0.3 is 0 Å². The predicted octanol–water partition coefficient (Wildman–Crippen LogP) is 4.06. The van der Waals surface area contributed by atoms with Gasteiger partial charge in [0.05, 0.1) is 6.07 Å². The summed E-state index contributed by atoms with van der Waals surface area (Å²) in [5.41, 5.74) is 0. The molecule has 0 aromatic rings. The number of nitriles is 1. The summed E-state index contributed by atoms with van der Waals surface area (Å²) in [5.74, 6) is 0.638. The zero-order chi connectivity index (χ0) is 9.94. The van der Waals surface area contributed by atoms with Crippen LogP contribution in [0.1, 0.15) is 52.4 Å². The van der Waals surface area contributed by atoms with Crippen molar-refractivity contribution < 1.29 is 0 Å². The highest BCUT2D eigenvalue weighted by Crippen LogP contribution is 2.17. The second kappa shape index (κ2) is 9.32. The molecule has 0 saturated carbocycles. The second-order valence-corrected chi connectivity index (χ2v) is 3.53. The molecule has 74 valence electrons. The van der Waals surface area contributed by atoms with E-state index in [-0.39, 0.29) is 0 Å². The molecule has 0 N–H and O–H groups in total. The Balaban J connectivity index is 3.74. The van der Waals surface area contributed by atoms with E-state index in [0.717, 1.165) is 0 Å². The van der Waals surface area contributed by atoms with Crippen molar-refractivity contribution in [1.82, 2.24) is 0 Å². The Morgan fingerprint density at radius 1 is 1.15 bits per heavy atom. The topological polar surface area (TPSA) is 23.8 Å². The van der Waals surface area contributed by atoms with Crippen LogP contribution in [0.3, 0.4) is 0 Å². The molecule has 0 unspecified atom stereocenters. The van der Waals surface area contributed by atoms with E-state index in [4.69, 9.17) is 5.26 Å². The Morgan fingerprint density at radius 2 is 1.69 bits per heavy atom. The Hall–Kier alpha value is -0.770. The zero-order valence-electron chi connectivity index (χ0n) is 8.92. The third-order valence-electron chi connectivity index (χ3n) is 2.30. The van der Waals surface area contributed by atoms with Crippen molar-refractivity contribution in [3.63, 3.8) is 0 Å². The van der Waals surface area contributed by atoms with Crippen molar-refractivity contribution >= 4 is 0 Å². The van der Waals surface area contributed by atoms with Gasteiger partial charge in [-0.2, -0.15) is 5.26 Å². The number of hydrogen-bond acceptors (Lipinski definition) is 1. The second-order valence-electron chi connectivity index (χ2n) is 3.53. The van der Waals surface area contributed by atoms with Crippen molar-refractivity contribution in [1.29, 1.82) is 5.26 Å². The van der Waals surface area contributed by atoms with Crippen molar-refractivity contribution in [3.8, 4) is 6.07 Å². The standard InChI is InChI=1S/C12H21N/c1-3-5-8-12(9-6-4-2)10-7-11-13/h7,10,12H,3-6,8-9H2,1-2H3/b10-7-.